The van der Waals surface area contributed by atoms with E-state index in [9.17, 15) is 9.59 Å². The SMILES string of the molecule is C/C=C/CCNC(=O)N[C@@H](CC)C(=O)O. The Morgan fingerprint density at radius 1 is 1.47 bits per heavy atom. The highest BCUT2D eigenvalue weighted by atomic mass is 16.4. The fourth-order valence-electron chi connectivity index (χ4n) is 0.983. The van der Waals surface area contributed by atoms with Gasteiger partial charge in [-0.25, -0.2) is 9.59 Å². The van der Waals surface area contributed by atoms with Crippen LogP contribution >= 0.6 is 0 Å². The Kier molecular flexibility index (Phi) is 7.05. The Labute approximate surface area is 89.6 Å². The van der Waals surface area contributed by atoms with Crippen LogP contribution in [0.25, 0.3) is 0 Å². The molecule has 0 unspecified atom stereocenters. The topological polar surface area (TPSA) is 78.4 Å². The summed E-state index contributed by atoms with van der Waals surface area (Å²) in [5.41, 5.74) is 0. The Morgan fingerprint density at radius 3 is 2.60 bits per heavy atom. The quantitative estimate of drug-likeness (QED) is 0.458. The number of nitrogens with one attached hydrogen (secondary N) is 2. The van der Waals surface area contributed by atoms with E-state index in [2.05, 4.69) is 10.6 Å². The average molecular weight is 214 g/mol. The van der Waals surface area contributed by atoms with Gasteiger partial charge < -0.3 is 15.7 Å². The van der Waals surface area contributed by atoms with Gasteiger partial charge in [-0.1, -0.05) is 19.1 Å². The predicted molar refractivity (Wildman–Crippen MR) is 57.7 cm³/mol. The third kappa shape index (κ3) is 6.54. The summed E-state index contributed by atoms with van der Waals surface area (Å²) >= 11 is 0. The van der Waals surface area contributed by atoms with Crippen LogP contribution < -0.4 is 10.6 Å². The lowest BCUT2D eigenvalue weighted by molar-refractivity contribution is -0.139. The molecule has 3 N–H and O–H groups in total. The molecule has 0 spiro atoms. The van der Waals surface area contributed by atoms with Crippen molar-refractivity contribution in [3.05, 3.63) is 12.2 Å². The number of aliphatic carboxylic acids is 1. The summed E-state index contributed by atoms with van der Waals surface area (Å²) in [7, 11) is 0. The summed E-state index contributed by atoms with van der Waals surface area (Å²) in [5.74, 6) is -1.01. The zero-order chi connectivity index (χ0) is 11.7. The van der Waals surface area contributed by atoms with E-state index in [1.54, 1.807) is 6.92 Å². The largest absolute Gasteiger partial charge is 0.480 e. The number of rotatable bonds is 6. The number of amides is 2. The van der Waals surface area contributed by atoms with Crippen LogP contribution in [0.15, 0.2) is 12.2 Å². The molecule has 0 aromatic rings. The first-order valence-corrected chi connectivity index (χ1v) is 5.00. The third-order valence-corrected chi connectivity index (χ3v) is 1.84. The highest BCUT2D eigenvalue weighted by molar-refractivity contribution is 5.82. The van der Waals surface area contributed by atoms with Crippen LogP contribution in [0.1, 0.15) is 26.7 Å². The minimum Gasteiger partial charge on any atom is -0.480 e. The molecule has 5 nitrogen and oxygen atoms in total. The Morgan fingerprint density at radius 2 is 2.13 bits per heavy atom. The smallest absolute Gasteiger partial charge is 0.326 e. The number of carbonyl (C=O) groups excluding carboxylic acids is 1. The lowest BCUT2D eigenvalue weighted by Crippen LogP contribution is -2.45. The summed E-state index contributed by atoms with van der Waals surface area (Å²) in [5, 5.41) is 13.6. The van der Waals surface area contributed by atoms with Gasteiger partial charge in [-0.2, -0.15) is 0 Å². The van der Waals surface area contributed by atoms with E-state index in [-0.39, 0.29) is 0 Å². The highest BCUT2D eigenvalue weighted by Gasteiger charge is 2.16. The molecule has 5 heteroatoms. The molecule has 0 fully saturated rings. The number of hydrogen-bond donors (Lipinski definition) is 3. The molecule has 15 heavy (non-hydrogen) atoms. The zero-order valence-corrected chi connectivity index (χ0v) is 9.12. The molecule has 0 saturated heterocycles. The number of hydrogen-bond acceptors (Lipinski definition) is 2. The first kappa shape index (κ1) is 13.5. The van der Waals surface area contributed by atoms with Crippen LogP contribution in [0.3, 0.4) is 0 Å². The van der Waals surface area contributed by atoms with E-state index in [0.29, 0.717) is 13.0 Å². The van der Waals surface area contributed by atoms with E-state index in [0.717, 1.165) is 6.42 Å². The average Bonchev–Trinajstić information content (AvgIpc) is 2.20. The van der Waals surface area contributed by atoms with Gasteiger partial charge in [-0.15, -0.1) is 0 Å². The summed E-state index contributed by atoms with van der Waals surface area (Å²) in [6.07, 6.45) is 4.94. The molecule has 0 bridgehead atoms. The summed E-state index contributed by atoms with van der Waals surface area (Å²) in [6, 6.07) is -1.25. The standard InChI is InChI=1S/C10H18N2O3/c1-3-5-6-7-11-10(15)12-8(4-2)9(13)14/h3,5,8H,4,6-7H2,1-2H3,(H,13,14)(H2,11,12,15)/b5-3+/t8-/m0/s1. The second-order valence-corrected chi connectivity index (χ2v) is 3.06. The Balaban J connectivity index is 3.76. The third-order valence-electron chi connectivity index (χ3n) is 1.84. The van der Waals surface area contributed by atoms with Crippen LogP contribution in [0.5, 0.6) is 0 Å². The highest BCUT2D eigenvalue weighted by Crippen LogP contribution is 1.90. The number of urea groups is 1. The van der Waals surface area contributed by atoms with E-state index >= 15 is 0 Å². The van der Waals surface area contributed by atoms with Crippen molar-refractivity contribution in [1.29, 1.82) is 0 Å². The molecule has 0 aromatic carbocycles. The maximum Gasteiger partial charge on any atom is 0.326 e. The molecule has 0 radical (unpaired) electrons. The van der Waals surface area contributed by atoms with E-state index < -0.39 is 18.0 Å². The minimum atomic E-state index is -1.01. The maximum atomic E-state index is 11.2. The fourth-order valence-corrected chi connectivity index (χ4v) is 0.983. The van der Waals surface area contributed by atoms with Crippen LogP contribution in [0.2, 0.25) is 0 Å². The number of carboxylic acids is 1. The molecule has 0 heterocycles. The second-order valence-electron chi connectivity index (χ2n) is 3.06. The molecule has 86 valence electrons. The first-order chi connectivity index (χ1) is 7.11. The van der Waals surface area contributed by atoms with Gasteiger partial charge in [-0.3, -0.25) is 0 Å². The normalized spacial score (nSPS) is 12.4. The van der Waals surface area contributed by atoms with E-state index in [4.69, 9.17) is 5.11 Å². The molecule has 1 atom stereocenters. The summed E-state index contributed by atoms with van der Waals surface area (Å²) < 4.78 is 0. The summed E-state index contributed by atoms with van der Waals surface area (Å²) in [6.45, 7) is 4.11. The van der Waals surface area contributed by atoms with Crippen molar-refractivity contribution in [2.45, 2.75) is 32.7 Å². The van der Waals surface area contributed by atoms with Gasteiger partial charge in [0, 0.05) is 6.54 Å². The number of allylic oxidation sites excluding steroid dienone is 1. The van der Waals surface area contributed by atoms with Gasteiger partial charge in [0.2, 0.25) is 0 Å². The molecular formula is C10H18N2O3. The minimum absolute atomic E-state index is 0.373. The molecule has 0 aliphatic rings. The molecule has 0 aromatic heterocycles. The first-order valence-electron chi connectivity index (χ1n) is 5.00. The van der Waals surface area contributed by atoms with Crippen LogP contribution in [-0.2, 0) is 4.79 Å². The van der Waals surface area contributed by atoms with Crippen molar-refractivity contribution in [2.75, 3.05) is 6.54 Å². The van der Waals surface area contributed by atoms with Crippen molar-refractivity contribution < 1.29 is 14.7 Å². The van der Waals surface area contributed by atoms with Gasteiger partial charge >= 0.3 is 12.0 Å². The second kappa shape index (κ2) is 7.84. The molecule has 2 amide bonds. The molecular weight excluding hydrogens is 196 g/mol. The fraction of sp³-hybridized carbons (Fsp3) is 0.600. The summed E-state index contributed by atoms with van der Waals surface area (Å²) in [4.78, 5) is 21.8. The lowest BCUT2D eigenvalue weighted by Gasteiger charge is -2.12. The molecule has 0 aliphatic heterocycles. The van der Waals surface area contributed by atoms with Gasteiger partial charge in [0.05, 0.1) is 0 Å². The van der Waals surface area contributed by atoms with E-state index in [1.165, 1.54) is 0 Å². The van der Waals surface area contributed by atoms with Gasteiger partial charge in [0.1, 0.15) is 6.04 Å². The Bertz CT molecular complexity index is 239. The number of carbonyl (C=O) groups is 2. The molecule has 0 saturated carbocycles. The van der Waals surface area contributed by atoms with Gasteiger partial charge in [-0.05, 0) is 19.8 Å². The molecule has 0 aliphatic carbocycles. The zero-order valence-electron chi connectivity index (χ0n) is 9.12. The monoisotopic (exact) mass is 214 g/mol. The Hall–Kier alpha value is -1.52. The van der Waals surface area contributed by atoms with Crippen LogP contribution in [-0.4, -0.2) is 29.7 Å². The van der Waals surface area contributed by atoms with Crippen molar-refractivity contribution >= 4 is 12.0 Å². The maximum absolute atomic E-state index is 11.2. The van der Waals surface area contributed by atoms with Crippen molar-refractivity contribution in [3.63, 3.8) is 0 Å². The predicted octanol–water partition coefficient (Wildman–Crippen LogP) is 1.11. The number of carboxylic acid groups (broad SMARTS) is 1. The van der Waals surface area contributed by atoms with Crippen molar-refractivity contribution in [3.8, 4) is 0 Å². The van der Waals surface area contributed by atoms with Crippen molar-refractivity contribution in [1.82, 2.24) is 10.6 Å². The van der Waals surface area contributed by atoms with Crippen LogP contribution in [0, 0.1) is 0 Å². The van der Waals surface area contributed by atoms with Crippen LogP contribution in [0.4, 0.5) is 4.79 Å². The molecule has 0 rings (SSSR count). The van der Waals surface area contributed by atoms with Crippen molar-refractivity contribution in [2.24, 2.45) is 0 Å². The van der Waals surface area contributed by atoms with E-state index in [1.807, 2.05) is 19.1 Å². The van der Waals surface area contributed by atoms with Gasteiger partial charge in [0.25, 0.3) is 0 Å². The van der Waals surface area contributed by atoms with Gasteiger partial charge in [0.15, 0.2) is 0 Å². The lowest BCUT2D eigenvalue weighted by atomic mass is 10.2.